The number of nitrogens with zero attached hydrogens (tertiary/aromatic N) is 4. The van der Waals surface area contributed by atoms with Crippen LogP contribution in [0.15, 0.2) is 65.5 Å². The van der Waals surface area contributed by atoms with E-state index in [0.717, 1.165) is 42.7 Å². The van der Waals surface area contributed by atoms with Crippen LogP contribution in [0.3, 0.4) is 0 Å². The van der Waals surface area contributed by atoms with Gasteiger partial charge in [0, 0.05) is 55.8 Å². The minimum absolute atomic E-state index is 0.105. The van der Waals surface area contributed by atoms with E-state index in [1.807, 2.05) is 60.4 Å². The summed E-state index contributed by atoms with van der Waals surface area (Å²) in [4.78, 5) is 41.6. The Hall–Kier alpha value is -3.98. The molecule has 37 heavy (non-hydrogen) atoms. The van der Waals surface area contributed by atoms with Gasteiger partial charge in [-0.2, -0.15) is 5.10 Å². The van der Waals surface area contributed by atoms with Crippen LogP contribution in [0.2, 0.25) is 0 Å². The Morgan fingerprint density at radius 2 is 1.70 bits per heavy atom. The molecule has 9 heteroatoms. The first-order chi connectivity index (χ1) is 18.0. The number of amides is 2. The predicted molar refractivity (Wildman–Crippen MR) is 142 cm³/mol. The molecular weight excluding hydrogens is 470 g/mol. The summed E-state index contributed by atoms with van der Waals surface area (Å²) in [7, 11) is 0. The van der Waals surface area contributed by atoms with Crippen molar-refractivity contribution in [2.24, 2.45) is 0 Å². The number of hydrogen-bond acceptors (Lipinski definition) is 6. The molecule has 0 spiro atoms. The molecule has 0 saturated carbocycles. The maximum Gasteiger partial charge on any atom is 0.267 e. The highest BCUT2D eigenvalue weighted by molar-refractivity contribution is 5.90. The maximum absolute atomic E-state index is 12.7. The average molecular weight is 502 g/mol. The fourth-order valence-corrected chi connectivity index (χ4v) is 4.69. The van der Waals surface area contributed by atoms with Crippen molar-refractivity contribution >= 4 is 23.2 Å². The number of carbonyl (C=O) groups is 2. The van der Waals surface area contributed by atoms with Gasteiger partial charge < -0.3 is 19.9 Å². The molecule has 2 aliphatic heterocycles. The van der Waals surface area contributed by atoms with E-state index in [0.29, 0.717) is 31.1 Å². The summed E-state index contributed by atoms with van der Waals surface area (Å²) in [5, 5.41) is 7.22. The second-order valence-corrected chi connectivity index (χ2v) is 9.49. The summed E-state index contributed by atoms with van der Waals surface area (Å²) < 4.78 is 6.71. The minimum Gasteiger partial charge on any atom is -0.368 e. The topological polar surface area (TPSA) is 96.8 Å². The second kappa shape index (κ2) is 11.0. The normalized spacial score (nSPS) is 17.6. The van der Waals surface area contributed by atoms with Crippen LogP contribution in [0, 0.1) is 6.92 Å². The van der Waals surface area contributed by atoms with Gasteiger partial charge in [0.1, 0.15) is 12.6 Å². The van der Waals surface area contributed by atoms with Gasteiger partial charge in [-0.3, -0.25) is 14.4 Å². The van der Waals surface area contributed by atoms with Crippen molar-refractivity contribution in [2.45, 2.75) is 32.4 Å². The van der Waals surface area contributed by atoms with Crippen molar-refractivity contribution in [1.29, 1.82) is 0 Å². The van der Waals surface area contributed by atoms with E-state index in [4.69, 9.17) is 4.74 Å². The van der Waals surface area contributed by atoms with E-state index in [1.54, 1.807) is 6.07 Å². The van der Waals surface area contributed by atoms with Crippen molar-refractivity contribution in [3.05, 3.63) is 76.6 Å². The molecule has 5 rings (SSSR count). The van der Waals surface area contributed by atoms with E-state index in [9.17, 15) is 14.4 Å². The quantitative estimate of drug-likeness (QED) is 0.558. The zero-order valence-corrected chi connectivity index (χ0v) is 20.9. The summed E-state index contributed by atoms with van der Waals surface area (Å²) in [6.07, 6.45) is 1.49. The Morgan fingerprint density at radius 1 is 0.973 bits per heavy atom. The van der Waals surface area contributed by atoms with Crippen LogP contribution < -0.4 is 15.8 Å². The molecule has 2 aromatic carbocycles. The highest BCUT2D eigenvalue weighted by Crippen LogP contribution is 2.21. The molecule has 1 aromatic heterocycles. The Bertz CT molecular complexity index is 1310. The minimum atomic E-state index is -0.335. The highest BCUT2D eigenvalue weighted by atomic mass is 16.5. The van der Waals surface area contributed by atoms with Crippen LogP contribution in [0.25, 0.3) is 11.3 Å². The van der Waals surface area contributed by atoms with Crippen molar-refractivity contribution in [3.63, 3.8) is 0 Å². The molecule has 2 saturated heterocycles. The van der Waals surface area contributed by atoms with Gasteiger partial charge in [-0.05, 0) is 50.1 Å². The number of piperazine rings is 1. The SMILES string of the molecule is Cc1ccc(-c2ccc(=O)n(CC(=O)Nc3ccc(N4CCN(C(=O)C5CCCO5)CC4)cc3)n2)cc1. The highest BCUT2D eigenvalue weighted by Gasteiger charge is 2.30. The van der Waals surface area contributed by atoms with Gasteiger partial charge in [0.15, 0.2) is 0 Å². The Labute approximate surface area is 215 Å². The van der Waals surface area contributed by atoms with E-state index >= 15 is 0 Å². The molecule has 2 aliphatic rings. The Kier molecular flexibility index (Phi) is 7.32. The fraction of sp³-hybridized carbons (Fsp3) is 0.357. The third-order valence-corrected chi connectivity index (χ3v) is 6.82. The first kappa shape index (κ1) is 24.7. The predicted octanol–water partition coefficient (Wildman–Crippen LogP) is 2.69. The fourth-order valence-electron chi connectivity index (χ4n) is 4.69. The van der Waals surface area contributed by atoms with Crippen LogP contribution in [0.5, 0.6) is 0 Å². The molecule has 0 bridgehead atoms. The van der Waals surface area contributed by atoms with E-state index in [-0.39, 0.29) is 30.0 Å². The summed E-state index contributed by atoms with van der Waals surface area (Å²) in [6, 6.07) is 18.5. The van der Waals surface area contributed by atoms with Gasteiger partial charge in [0.2, 0.25) is 5.91 Å². The molecule has 0 aliphatic carbocycles. The third-order valence-electron chi connectivity index (χ3n) is 6.82. The smallest absolute Gasteiger partial charge is 0.267 e. The van der Waals surface area contributed by atoms with Gasteiger partial charge >= 0.3 is 0 Å². The lowest BCUT2D eigenvalue weighted by atomic mass is 10.1. The van der Waals surface area contributed by atoms with Crippen molar-refractivity contribution in [3.8, 4) is 11.3 Å². The number of nitrogens with one attached hydrogen (secondary N) is 1. The molecule has 9 nitrogen and oxygen atoms in total. The zero-order valence-electron chi connectivity index (χ0n) is 20.9. The molecule has 1 N–H and O–H groups in total. The lowest BCUT2D eigenvalue weighted by molar-refractivity contribution is -0.141. The first-order valence-corrected chi connectivity index (χ1v) is 12.7. The van der Waals surface area contributed by atoms with Gasteiger partial charge in [-0.15, -0.1) is 0 Å². The largest absolute Gasteiger partial charge is 0.368 e. The number of aryl methyl sites for hydroxylation is 1. The molecule has 3 heterocycles. The number of hydrogen-bond donors (Lipinski definition) is 1. The average Bonchev–Trinajstić information content (AvgIpc) is 3.46. The molecule has 1 unspecified atom stereocenters. The number of benzene rings is 2. The van der Waals surface area contributed by atoms with Crippen molar-refractivity contribution in [1.82, 2.24) is 14.7 Å². The van der Waals surface area contributed by atoms with Crippen LogP contribution >= 0.6 is 0 Å². The van der Waals surface area contributed by atoms with Crippen LogP contribution in [-0.4, -0.2) is 65.4 Å². The van der Waals surface area contributed by atoms with Gasteiger partial charge in [-0.25, -0.2) is 4.68 Å². The van der Waals surface area contributed by atoms with Gasteiger partial charge in [-0.1, -0.05) is 29.8 Å². The Morgan fingerprint density at radius 3 is 2.38 bits per heavy atom. The third kappa shape index (κ3) is 5.89. The number of carbonyl (C=O) groups excluding carboxylic acids is 2. The molecule has 2 amide bonds. The first-order valence-electron chi connectivity index (χ1n) is 12.7. The number of rotatable bonds is 6. The molecule has 2 fully saturated rings. The zero-order chi connectivity index (χ0) is 25.8. The monoisotopic (exact) mass is 501 g/mol. The lowest BCUT2D eigenvalue weighted by Gasteiger charge is -2.37. The number of aromatic nitrogens is 2. The van der Waals surface area contributed by atoms with E-state index in [1.165, 1.54) is 10.7 Å². The summed E-state index contributed by atoms with van der Waals surface area (Å²) in [6.45, 7) is 5.32. The number of anilines is 2. The van der Waals surface area contributed by atoms with Gasteiger partial charge in [0.25, 0.3) is 11.5 Å². The van der Waals surface area contributed by atoms with Crippen molar-refractivity contribution in [2.75, 3.05) is 43.0 Å². The number of ether oxygens (including phenoxy) is 1. The molecule has 192 valence electrons. The Balaban J connectivity index is 1.16. The van der Waals surface area contributed by atoms with Crippen LogP contribution in [-0.2, 0) is 20.9 Å². The molecule has 1 atom stereocenters. The van der Waals surface area contributed by atoms with E-state index in [2.05, 4.69) is 15.3 Å². The second-order valence-electron chi connectivity index (χ2n) is 9.49. The lowest BCUT2D eigenvalue weighted by Crippen LogP contribution is -2.51. The summed E-state index contributed by atoms with van der Waals surface area (Å²) in [5.74, 6) is -0.224. The molecule has 0 radical (unpaired) electrons. The summed E-state index contributed by atoms with van der Waals surface area (Å²) in [5.41, 5.74) is 3.99. The van der Waals surface area contributed by atoms with Crippen molar-refractivity contribution < 1.29 is 14.3 Å². The van der Waals surface area contributed by atoms with Gasteiger partial charge in [0.05, 0.1) is 5.69 Å². The standard InChI is InChI=1S/C28H31N5O4/c1-20-4-6-21(7-5-20)24-12-13-27(35)33(30-24)19-26(34)29-22-8-10-23(11-9-22)31-14-16-32(17-15-31)28(36)25-3-2-18-37-25/h4-13,25H,2-3,14-19H2,1H3,(H,29,34). The molecular formula is C28H31N5O4. The maximum atomic E-state index is 12.7. The van der Waals surface area contributed by atoms with E-state index < -0.39 is 0 Å². The summed E-state index contributed by atoms with van der Waals surface area (Å²) >= 11 is 0. The molecule has 3 aromatic rings. The van der Waals surface area contributed by atoms with Crippen LogP contribution in [0.1, 0.15) is 18.4 Å². The van der Waals surface area contributed by atoms with Crippen LogP contribution in [0.4, 0.5) is 11.4 Å².